The Kier molecular flexibility index (Phi) is 22.5. The number of ether oxygens (including phenoxy) is 5. The van der Waals surface area contributed by atoms with Gasteiger partial charge in [-0.2, -0.15) is 4.31 Å². The van der Waals surface area contributed by atoms with Gasteiger partial charge in [-0.05, 0) is 216 Å². The van der Waals surface area contributed by atoms with Gasteiger partial charge < -0.3 is 44.0 Å². The van der Waals surface area contributed by atoms with Crippen molar-refractivity contribution in [2.45, 2.75) is 42.3 Å². The Labute approximate surface area is 656 Å². The van der Waals surface area contributed by atoms with Crippen molar-refractivity contribution in [3.05, 3.63) is 287 Å². The lowest BCUT2D eigenvalue weighted by Crippen LogP contribution is -2.42. The zero-order valence-corrected chi connectivity index (χ0v) is 63.3. The van der Waals surface area contributed by atoms with E-state index in [0.717, 1.165) is 96.3 Å². The van der Waals surface area contributed by atoms with Crippen LogP contribution in [0, 0.1) is 11.6 Å². The van der Waals surface area contributed by atoms with E-state index in [2.05, 4.69) is 25.2 Å². The number of carbonyl (C=O) groups is 4. The van der Waals surface area contributed by atoms with Crippen LogP contribution in [0.25, 0.3) is 32.7 Å². The molecule has 110 heavy (non-hydrogen) atoms. The molecule has 0 saturated carbocycles. The first-order valence-electron chi connectivity index (χ1n) is 35.5. The molecule has 564 valence electrons. The first-order chi connectivity index (χ1) is 53.2. The average Bonchev–Trinajstić information content (AvgIpc) is 1.46. The van der Waals surface area contributed by atoms with Crippen LogP contribution in [0.1, 0.15) is 68.6 Å². The molecule has 0 bridgehead atoms. The molecule has 8 heterocycles. The monoisotopic (exact) mass is 1600 g/mol. The number of fused-ring (bicyclic) bond motifs is 9. The standard InChI is InChI=1S/C30H28Cl2N4O4.C28H25Cl2N3O5S.C24H17ClF2N2O2/c31-20-3-8-23(9-4-20)40-30(38)36-12-11-24-25-17-21(32)5-10-26(25)34-28(24)29(36)19-1-6-22(7-2-19)33-27(37)18-35-13-15-39-16-14-35;29-19-3-6-21(7-4-19)38-28(34)33-12-11-23-24-17-20(30)5-10-25(24)31-26(23)27(33)18-1-8-22(9-2-18)39(35,36)32-13-15-37-16-14-32;25-15-3-10-21-20(13-15)19-11-12-29(24(30)31-18-8-6-17(27)7-9-18)23(22(19)28-21)14-1-4-16(26)5-2-14/h1-10,17,29,34H,11-16,18H2,(H,33,37);1-10,17,27,31H,11-16H2;1-10,13,23,28H,11-12H2. The normalized spacial score (nSPS) is 17.2. The number of morpholine rings is 2. The molecule has 0 spiro atoms. The molecule has 12 aromatic rings. The van der Waals surface area contributed by atoms with Crippen molar-refractivity contribution in [1.29, 1.82) is 0 Å². The molecule has 2 fully saturated rings. The fourth-order valence-corrected chi connectivity index (χ4v) is 16.9. The molecule has 3 atom stereocenters. The predicted molar refractivity (Wildman–Crippen MR) is 419 cm³/mol. The number of aromatic nitrogens is 3. The average molecular weight is 1600 g/mol. The number of halogens is 7. The Morgan fingerprint density at radius 1 is 0.418 bits per heavy atom. The zero-order chi connectivity index (χ0) is 76.3. The number of rotatable bonds is 11. The molecule has 9 aromatic carbocycles. The van der Waals surface area contributed by atoms with Crippen molar-refractivity contribution < 1.29 is 60.1 Å². The third-order valence-corrected chi connectivity index (χ3v) is 23.1. The minimum atomic E-state index is -3.65. The van der Waals surface area contributed by atoms with E-state index in [4.69, 9.17) is 81.7 Å². The van der Waals surface area contributed by atoms with Gasteiger partial charge in [-0.3, -0.25) is 24.4 Å². The molecule has 0 aliphatic carbocycles. The summed E-state index contributed by atoms with van der Waals surface area (Å²) < 4.78 is 82.2. The van der Waals surface area contributed by atoms with Crippen LogP contribution in [0.4, 0.5) is 28.9 Å². The van der Waals surface area contributed by atoms with E-state index in [0.29, 0.717) is 127 Å². The summed E-state index contributed by atoms with van der Waals surface area (Å²) in [4.78, 5) is 70.3. The van der Waals surface area contributed by atoms with E-state index in [1.54, 1.807) is 106 Å². The van der Waals surface area contributed by atoms with Crippen LogP contribution in [-0.4, -0.2) is 150 Å². The van der Waals surface area contributed by atoms with Gasteiger partial charge in [-0.15, -0.1) is 0 Å². The summed E-state index contributed by atoms with van der Waals surface area (Å²) in [6.07, 6.45) is 0.310. The maximum Gasteiger partial charge on any atom is 0.416 e. The Morgan fingerprint density at radius 2 is 0.745 bits per heavy atom. The Balaban J connectivity index is 0.000000132. The number of benzene rings is 9. The summed E-state index contributed by atoms with van der Waals surface area (Å²) >= 11 is 30.8. The minimum Gasteiger partial charge on any atom is -0.410 e. The first kappa shape index (κ1) is 75.4. The van der Waals surface area contributed by atoms with Crippen molar-refractivity contribution >= 4 is 131 Å². The number of anilines is 1. The number of sulfonamides is 1. The summed E-state index contributed by atoms with van der Waals surface area (Å²) in [6, 6.07) is 54.5. The van der Waals surface area contributed by atoms with Gasteiger partial charge in [0.15, 0.2) is 0 Å². The van der Waals surface area contributed by atoms with Gasteiger partial charge in [-0.25, -0.2) is 31.6 Å². The number of H-pyrrole nitrogens is 3. The highest BCUT2D eigenvalue weighted by Crippen LogP contribution is 2.44. The molecule has 3 unspecified atom stereocenters. The van der Waals surface area contributed by atoms with E-state index in [9.17, 15) is 36.4 Å². The number of hydrogen-bond donors (Lipinski definition) is 4. The highest BCUT2D eigenvalue weighted by Gasteiger charge is 2.40. The van der Waals surface area contributed by atoms with E-state index in [1.165, 1.54) is 40.7 Å². The fourth-order valence-electron chi connectivity index (χ4n) is 14.7. The fraction of sp³-hybridized carbons (Fsp3) is 0.220. The number of nitrogens with one attached hydrogen (secondary N) is 4. The zero-order valence-electron chi connectivity index (χ0n) is 58.7. The van der Waals surface area contributed by atoms with Gasteiger partial charge in [0, 0.05) is 126 Å². The van der Waals surface area contributed by atoms with Crippen molar-refractivity contribution in [1.82, 2.24) is 38.9 Å². The van der Waals surface area contributed by atoms with Crippen LogP contribution >= 0.6 is 58.0 Å². The number of nitrogens with zero attached hydrogens (tertiary/aromatic N) is 5. The number of amides is 4. The van der Waals surface area contributed by atoms with Crippen molar-refractivity contribution in [2.24, 2.45) is 0 Å². The minimum absolute atomic E-state index is 0.0738. The van der Waals surface area contributed by atoms with Crippen molar-refractivity contribution in [3.8, 4) is 17.2 Å². The largest absolute Gasteiger partial charge is 0.416 e. The molecule has 3 aromatic heterocycles. The smallest absolute Gasteiger partial charge is 0.410 e. The molecule has 5 aliphatic heterocycles. The van der Waals surface area contributed by atoms with Crippen LogP contribution < -0.4 is 19.5 Å². The SMILES string of the molecule is O=C(CN1CCOCC1)Nc1ccc(C2c3[nH]c4ccc(Cl)cc4c3CCN2C(=O)Oc2ccc(Cl)cc2)cc1.O=C(Oc1ccc(Cl)cc1)N1CCc2c([nH]c3ccc(Cl)cc23)C1c1ccc(S(=O)(=O)N2CCOCC2)cc1.O=C(Oc1ccc(F)cc1)N1CCc2c([nH]c3ccc(Cl)cc23)C1c1ccc(F)cc1. The van der Waals surface area contributed by atoms with Crippen LogP contribution in [0.15, 0.2) is 205 Å². The second kappa shape index (κ2) is 32.9. The predicted octanol–water partition coefficient (Wildman–Crippen LogP) is 17.8. The molecule has 2 saturated heterocycles. The Hall–Kier alpha value is -10.0. The molecular weight excluding hydrogens is 1530 g/mol. The van der Waals surface area contributed by atoms with Gasteiger partial charge in [0.25, 0.3) is 0 Å². The summed E-state index contributed by atoms with van der Waals surface area (Å²) in [5.41, 5.74) is 11.7. The lowest BCUT2D eigenvalue weighted by molar-refractivity contribution is -0.118. The van der Waals surface area contributed by atoms with E-state index in [-0.39, 0.29) is 22.4 Å². The van der Waals surface area contributed by atoms with Crippen LogP contribution in [-0.2, 0) is 43.6 Å². The molecular formula is C82H70Cl5F2N9O11S. The molecule has 28 heteroatoms. The second-order valence-corrected chi connectivity index (χ2v) is 30.9. The number of carbonyl (C=O) groups excluding carboxylic acids is 4. The molecule has 4 amide bonds. The maximum absolute atomic E-state index is 13.6. The number of aromatic amines is 3. The molecule has 5 aliphatic rings. The quantitative estimate of drug-likeness (QED) is 0.0949. The molecule has 4 N–H and O–H groups in total. The van der Waals surface area contributed by atoms with E-state index >= 15 is 0 Å². The third-order valence-electron chi connectivity index (χ3n) is 20.0. The van der Waals surface area contributed by atoms with Crippen LogP contribution in [0.3, 0.4) is 0 Å². The topological polar surface area (TPSA) is 224 Å². The summed E-state index contributed by atoms with van der Waals surface area (Å²) in [6.45, 7) is 5.73. The van der Waals surface area contributed by atoms with Crippen LogP contribution in [0.5, 0.6) is 17.2 Å². The summed E-state index contributed by atoms with van der Waals surface area (Å²) in [7, 11) is -3.65. The van der Waals surface area contributed by atoms with Gasteiger partial charge in [-0.1, -0.05) is 94.4 Å². The van der Waals surface area contributed by atoms with Gasteiger partial charge in [0.2, 0.25) is 15.9 Å². The van der Waals surface area contributed by atoms with Gasteiger partial charge in [0.05, 0.1) is 37.9 Å². The lowest BCUT2D eigenvalue weighted by atomic mass is 9.92. The van der Waals surface area contributed by atoms with E-state index in [1.807, 2.05) is 72.8 Å². The van der Waals surface area contributed by atoms with Gasteiger partial charge in [0.1, 0.15) is 47.0 Å². The lowest BCUT2D eigenvalue weighted by Gasteiger charge is -2.35. The Bertz CT molecular complexity index is 5520. The molecule has 17 rings (SSSR count). The first-order valence-corrected chi connectivity index (χ1v) is 38.8. The molecule has 0 radical (unpaired) electrons. The third kappa shape index (κ3) is 16.5. The number of hydrogen-bond acceptors (Lipinski definition) is 12. The summed E-state index contributed by atoms with van der Waals surface area (Å²) in [5, 5.41) is 9.05. The maximum atomic E-state index is 13.6. The highest BCUT2D eigenvalue weighted by molar-refractivity contribution is 7.89. The van der Waals surface area contributed by atoms with Crippen LogP contribution in [0.2, 0.25) is 25.1 Å². The highest BCUT2D eigenvalue weighted by atomic mass is 35.5. The van der Waals surface area contributed by atoms with Gasteiger partial charge >= 0.3 is 18.3 Å². The molecule has 20 nitrogen and oxygen atoms in total. The second-order valence-electron chi connectivity index (χ2n) is 26.8. The van der Waals surface area contributed by atoms with Crippen molar-refractivity contribution in [2.75, 3.05) is 84.1 Å². The summed E-state index contributed by atoms with van der Waals surface area (Å²) in [5.74, 6) is 0.200. The van der Waals surface area contributed by atoms with E-state index < -0.39 is 52.2 Å². The van der Waals surface area contributed by atoms with Crippen molar-refractivity contribution in [3.63, 3.8) is 0 Å². The Morgan fingerprint density at radius 3 is 1.13 bits per heavy atom.